The first-order valence-corrected chi connectivity index (χ1v) is 7.76. The van der Waals surface area contributed by atoms with Gasteiger partial charge in [-0.15, -0.1) is 0 Å². The zero-order chi connectivity index (χ0) is 14.8. The van der Waals surface area contributed by atoms with Gasteiger partial charge in [-0.2, -0.15) is 0 Å². The van der Waals surface area contributed by atoms with Gasteiger partial charge in [0.05, 0.1) is 4.90 Å². The van der Waals surface area contributed by atoms with Crippen LogP contribution in [0.5, 0.6) is 0 Å². The van der Waals surface area contributed by atoms with E-state index >= 15 is 0 Å². The molecule has 0 aliphatic carbocycles. The molecule has 2 rings (SSSR count). The Labute approximate surface area is 118 Å². The summed E-state index contributed by atoms with van der Waals surface area (Å²) in [5.41, 5.74) is 7.27. The largest absolute Gasteiger partial charge is 0.329 e. The van der Waals surface area contributed by atoms with Crippen molar-refractivity contribution in [1.82, 2.24) is 0 Å². The van der Waals surface area contributed by atoms with E-state index in [1.807, 2.05) is 13.0 Å². The van der Waals surface area contributed by atoms with Gasteiger partial charge in [0.1, 0.15) is 11.1 Å². The molecule has 0 fully saturated rings. The number of hydrogen-bond acceptors (Lipinski definition) is 3. The summed E-state index contributed by atoms with van der Waals surface area (Å²) >= 11 is 0. The van der Waals surface area contributed by atoms with Gasteiger partial charge in [-0.1, -0.05) is 29.8 Å². The highest BCUT2D eigenvalue weighted by Gasteiger charge is 2.27. The van der Waals surface area contributed by atoms with E-state index < -0.39 is 20.9 Å². The molecule has 0 heterocycles. The molecule has 1 atom stereocenters. The van der Waals surface area contributed by atoms with Gasteiger partial charge in [-0.25, -0.2) is 12.8 Å². The van der Waals surface area contributed by atoms with Crippen molar-refractivity contribution in [3.8, 4) is 0 Å². The van der Waals surface area contributed by atoms with E-state index in [-0.39, 0.29) is 11.4 Å². The summed E-state index contributed by atoms with van der Waals surface area (Å²) < 4.78 is 38.1. The Hall–Kier alpha value is -1.72. The average molecular weight is 293 g/mol. The Bertz CT molecular complexity index is 696. The van der Waals surface area contributed by atoms with E-state index in [0.717, 1.165) is 17.7 Å². The van der Waals surface area contributed by atoms with Crippen LogP contribution < -0.4 is 5.73 Å². The molecular weight excluding hydrogens is 277 g/mol. The van der Waals surface area contributed by atoms with Crippen molar-refractivity contribution < 1.29 is 12.8 Å². The Morgan fingerprint density at radius 2 is 1.80 bits per heavy atom. The highest BCUT2D eigenvalue weighted by Crippen LogP contribution is 2.28. The smallest absolute Gasteiger partial charge is 0.186 e. The molecule has 5 heteroatoms. The van der Waals surface area contributed by atoms with Crippen molar-refractivity contribution in [2.24, 2.45) is 5.73 Å². The molecule has 0 saturated carbocycles. The van der Waals surface area contributed by atoms with E-state index in [1.54, 1.807) is 18.2 Å². The van der Waals surface area contributed by atoms with Crippen molar-refractivity contribution in [3.63, 3.8) is 0 Å². The van der Waals surface area contributed by atoms with E-state index in [9.17, 15) is 12.8 Å². The Morgan fingerprint density at radius 1 is 1.15 bits per heavy atom. The molecule has 0 unspecified atom stereocenters. The van der Waals surface area contributed by atoms with Crippen LogP contribution in [-0.4, -0.2) is 15.0 Å². The van der Waals surface area contributed by atoms with Crippen molar-refractivity contribution >= 4 is 9.84 Å². The van der Waals surface area contributed by atoms with Gasteiger partial charge in [0, 0.05) is 6.54 Å². The van der Waals surface area contributed by atoms with Crippen molar-refractivity contribution in [1.29, 1.82) is 0 Å². The minimum Gasteiger partial charge on any atom is -0.329 e. The summed E-state index contributed by atoms with van der Waals surface area (Å²) in [4.78, 5) is 0.0795. The molecule has 20 heavy (non-hydrogen) atoms. The Morgan fingerprint density at radius 3 is 2.35 bits per heavy atom. The van der Waals surface area contributed by atoms with E-state index in [4.69, 9.17) is 5.73 Å². The Balaban J connectivity index is 2.47. The summed E-state index contributed by atoms with van der Waals surface area (Å²) in [5.74, 6) is -0.469. The maximum Gasteiger partial charge on any atom is 0.186 e. The molecule has 2 N–H and O–H groups in total. The Kier molecular flexibility index (Phi) is 4.20. The molecule has 3 nitrogen and oxygen atoms in total. The van der Waals surface area contributed by atoms with Gasteiger partial charge in [-0.05, 0) is 36.8 Å². The molecule has 2 aromatic carbocycles. The second-order valence-electron chi connectivity index (χ2n) is 4.64. The minimum atomic E-state index is -3.63. The second kappa shape index (κ2) is 5.73. The number of halogens is 1. The number of hydrogen-bond donors (Lipinski definition) is 1. The summed E-state index contributed by atoms with van der Waals surface area (Å²) in [5, 5.41) is -0.826. The first-order valence-electron chi connectivity index (χ1n) is 6.21. The fourth-order valence-electron chi connectivity index (χ4n) is 2.10. The van der Waals surface area contributed by atoms with E-state index in [2.05, 4.69) is 0 Å². The van der Waals surface area contributed by atoms with Crippen LogP contribution in [0.25, 0.3) is 0 Å². The maximum atomic E-state index is 12.9. The molecule has 106 valence electrons. The summed E-state index contributed by atoms with van der Waals surface area (Å²) in [6.45, 7) is 1.87. The van der Waals surface area contributed by atoms with Crippen molar-refractivity contribution in [3.05, 3.63) is 65.5 Å². The predicted molar refractivity (Wildman–Crippen MR) is 76.6 cm³/mol. The van der Waals surface area contributed by atoms with Gasteiger partial charge in [-0.3, -0.25) is 0 Å². The lowest BCUT2D eigenvalue weighted by atomic mass is 10.1. The van der Waals surface area contributed by atoms with Crippen LogP contribution >= 0.6 is 0 Å². The number of sulfone groups is 1. The van der Waals surface area contributed by atoms with Gasteiger partial charge in [0.15, 0.2) is 9.84 Å². The molecule has 0 amide bonds. The minimum absolute atomic E-state index is 0.0246. The van der Waals surface area contributed by atoms with Crippen LogP contribution in [0, 0.1) is 12.7 Å². The lowest BCUT2D eigenvalue weighted by Crippen LogP contribution is -2.22. The summed E-state index contributed by atoms with van der Waals surface area (Å²) in [7, 11) is -3.63. The normalized spacial score (nSPS) is 13.2. The molecule has 0 aliphatic rings. The molecule has 0 spiro atoms. The molecule has 0 bridgehead atoms. The van der Waals surface area contributed by atoms with Crippen LogP contribution in [0.15, 0.2) is 53.4 Å². The van der Waals surface area contributed by atoms with Crippen molar-refractivity contribution in [2.45, 2.75) is 17.1 Å². The van der Waals surface area contributed by atoms with Crippen molar-refractivity contribution in [2.75, 3.05) is 6.54 Å². The first kappa shape index (κ1) is 14.7. The fourth-order valence-corrected chi connectivity index (χ4v) is 3.70. The molecule has 0 aromatic heterocycles. The number of aryl methyl sites for hydroxylation is 1. The number of rotatable bonds is 4. The van der Waals surface area contributed by atoms with Gasteiger partial charge in [0.2, 0.25) is 0 Å². The molecule has 0 radical (unpaired) electrons. The lowest BCUT2D eigenvalue weighted by molar-refractivity contribution is 0.581. The average Bonchev–Trinajstić information content (AvgIpc) is 2.40. The number of nitrogens with two attached hydrogens (primary N) is 1. The number of benzene rings is 2. The van der Waals surface area contributed by atoms with Crippen LogP contribution in [0.2, 0.25) is 0 Å². The standard InChI is InChI=1S/C15H16FNO2S/c1-11-3-2-4-12(9-11)15(10-17)20(18,19)14-7-5-13(16)6-8-14/h2-9,15H,10,17H2,1H3/t15-/m1/s1. The topological polar surface area (TPSA) is 60.2 Å². The highest BCUT2D eigenvalue weighted by atomic mass is 32.2. The van der Waals surface area contributed by atoms with E-state index in [1.165, 1.54) is 12.1 Å². The van der Waals surface area contributed by atoms with Gasteiger partial charge in [0.25, 0.3) is 0 Å². The quantitative estimate of drug-likeness (QED) is 0.881. The first-order chi connectivity index (χ1) is 9.45. The third kappa shape index (κ3) is 2.89. The summed E-state index contributed by atoms with van der Waals surface area (Å²) in [6.07, 6.45) is 0. The highest BCUT2D eigenvalue weighted by molar-refractivity contribution is 7.91. The van der Waals surface area contributed by atoms with E-state index in [0.29, 0.717) is 5.56 Å². The van der Waals surface area contributed by atoms with Gasteiger partial charge < -0.3 is 5.73 Å². The maximum absolute atomic E-state index is 12.9. The van der Waals surface area contributed by atoms with Gasteiger partial charge >= 0.3 is 0 Å². The molecular formula is C15H16FNO2S. The molecule has 2 aromatic rings. The summed E-state index contributed by atoms with van der Waals surface area (Å²) in [6, 6.07) is 12.0. The van der Waals surface area contributed by atoms with Crippen LogP contribution in [0.4, 0.5) is 4.39 Å². The zero-order valence-electron chi connectivity index (χ0n) is 11.1. The van der Waals surface area contributed by atoms with Crippen LogP contribution in [-0.2, 0) is 9.84 Å². The molecule has 0 aliphatic heterocycles. The third-order valence-electron chi connectivity index (χ3n) is 3.14. The van der Waals surface area contributed by atoms with Crippen LogP contribution in [0.1, 0.15) is 16.4 Å². The van der Waals surface area contributed by atoms with Crippen LogP contribution in [0.3, 0.4) is 0 Å². The molecule has 0 saturated heterocycles. The fraction of sp³-hybridized carbons (Fsp3) is 0.200. The SMILES string of the molecule is Cc1cccc([C@@H](CN)S(=O)(=O)c2ccc(F)cc2)c1. The predicted octanol–water partition coefficient (Wildman–Crippen LogP) is 2.61. The second-order valence-corrected chi connectivity index (χ2v) is 6.77. The zero-order valence-corrected chi connectivity index (χ0v) is 11.9. The monoisotopic (exact) mass is 293 g/mol. The third-order valence-corrected chi connectivity index (χ3v) is 5.29. The lowest BCUT2D eigenvalue weighted by Gasteiger charge is -2.17.